The van der Waals surface area contributed by atoms with Crippen LogP contribution >= 0.6 is 15.9 Å². The Balaban J connectivity index is 2.08. The maximum atomic E-state index is 11.2. The number of hydrogen-bond acceptors (Lipinski definition) is 4. The van der Waals surface area contributed by atoms with Crippen LogP contribution in [0.3, 0.4) is 0 Å². The maximum Gasteiger partial charge on any atom is 0.317 e. The summed E-state index contributed by atoms with van der Waals surface area (Å²) in [6, 6.07) is 9.63. The molecule has 0 bridgehead atoms. The molecule has 5 nitrogen and oxygen atoms in total. The minimum Gasteiger partial charge on any atom is -0.480 e. The molecule has 0 saturated carbocycles. The topological polar surface area (TPSA) is 72.8 Å². The molecule has 0 aliphatic heterocycles. The molecule has 0 aliphatic carbocycles. The summed E-state index contributed by atoms with van der Waals surface area (Å²) in [5.74, 6) is -1.65. The van der Waals surface area contributed by atoms with Gasteiger partial charge in [-0.25, -0.2) is 0 Å². The zero-order chi connectivity index (χ0) is 14.1. The van der Waals surface area contributed by atoms with Crippen LogP contribution in [-0.2, 0) is 25.7 Å². The molecule has 0 spiro atoms. The third kappa shape index (κ3) is 6.93. The number of esters is 1. The molecule has 0 radical (unpaired) electrons. The fourth-order valence-electron chi connectivity index (χ4n) is 1.27. The summed E-state index contributed by atoms with van der Waals surface area (Å²) in [5, 5.41) is 8.59. The number of carboxylic acids is 1. The molecule has 0 fully saturated rings. The van der Waals surface area contributed by atoms with Crippen LogP contribution in [0.15, 0.2) is 30.3 Å². The van der Waals surface area contributed by atoms with E-state index in [1.54, 1.807) is 0 Å². The van der Waals surface area contributed by atoms with Crippen molar-refractivity contribution in [1.29, 1.82) is 0 Å². The summed E-state index contributed by atoms with van der Waals surface area (Å²) in [4.78, 5) is 20.8. The van der Waals surface area contributed by atoms with Crippen LogP contribution in [0.1, 0.15) is 12.0 Å². The zero-order valence-corrected chi connectivity index (χ0v) is 11.8. The third-order valence-corrected chi connectivity index (χ3v) is 2.93. The van der Waals surface area contributed by atoms with Crippen molar-refractivity contribution >= 4 is 27.9 Å². The summed E-state index contributed by atoms with van der Waals surface area (Å²) >= 11 is 2.86. The van der Waals surface area contributed by atoms with Crippen molar-refractivity contribution in [3.05, 3.63) is 35.9 Å². The van der Waals surface area contributed by atoms with E-state index in [9.17, 15) is 9.59 Å². The summed E-state index contributed by atoms with van der Waals surface area (Å²) in [6.07, 6.45) is -0.200. The fourth-order valence-corrected chi connectivity index (χ4v) is 1.54. The molecule has 0 aliphatic rings. The Kier molecular flexibility index (Phi) is 7.14. The number of benzene rings is 1. The fraction of sp³-hybridized carbons (Fsp3) is 0.385. The lowest BCUT2D eigenvalue weighted by Gasteiger charge is -2.07. The highest BCUT2D eigenvalue weighted by atomic mass is 79.9. The van der Waals surface area contributed by atoms with Crippen LogP contribution in [-0.4, -0.2) is 35.1 Å². The number of aliphatic carboxylic acids is 1. The number of carboxylic acid groups (broad SMARTS) is 1. The van der Waals surface area contributed by atoms with Crippen molar-refractivity contribution in [2.45, 2.75) is 17.9 Å². The molecule has 6 heteroatoms. The van der Waals surface area contributed by atoms with Gasteiger partial charge in [0.05, 0.1) is 19.6 Å². The Morgan fingerprint density at radius 1 is 1.21 bits per heavy atom. The van der Waals surface area contributed by atoms with Crippen LogP contribution in [0.2, 0.25) is 0 Å². The molecule has 1 aromatic rings. The van der Waals surface area contributed by atoms with E-state index in [-0.39, 0.29) is 19.6 Å². The van der Waals surface area contributed by atoms with Gasteiger partial charge in [0.2, 0.25) is 0 Å². The first-order valence-corrected chi connectivity index (χ1v) is 6.65. The van der Waals surface area contributed by atoms with Gasteiger partial charge in [-0.15, -0.1) is 0 Å². The third-order valence-electron chi connectivity index (χ3n) is 2.22. The van der Waals surface area contributed by atoms with Gasteiger partial charge in [-0.3, -0.25) is 9.59 Å². The van der Waals surface area contributed by atoms with Gasteiger partial charge in [-0.2, -0.15) is 0 Å². The number of ether oxygens (including phenoxy) is 2. The van der Waals surface area contributed by atoms with Gasteiger partial charge in [-0.1, -0.05) is 46.3 Å². The molecule has 104 valence electrons. The Labute approximate surface area is 119 Å². The Hall–Kier alpha value is -1.40. The number of carbonyl (C=O) groups is 2. The molecule has 19 heavy (non-hydrogen) atoms. The second-order valence-corrected chi connectivity index (χ2v) is 4.87. The van der Waals surface area contributed by atoms with E-state index >= 15 is 0 Å². The van der Waals surface area contributed by atoms with Gasteiger partial charge in [-0.05, 0) is 5.56 Å². The van der Waals surface area contributed by atoms with E-state index in [0.717, 1.165) is 5.56 Å². The van der Waals surface area contributed by atoms with E-state index in [0.29, 0.717) is 6.61 Å². The minimum atomic E-state index is -1.09. The van der Waals surface area contributed by atoms with E-state index in [4.69, 9.17) is 14.6 Å². The normalized spacial score (nSPS) is 11.8. The SMILES string of the molecule is O=C(CC(Br)C(=O)O)OCCOCc1ccccc1. The standard InChI is InChI=1S/C13H15BrO5/c14-11(13(16)17)8-12(15)19-7-6-18-9-10-4-2-1-3-5-10/h1-5,11H,6-9H2,(H,16,17). The van der Waals surface area contributed by atoms with Crippen molar-refractivity contribution in [3.8, 4) is 0 Å². The van der Waals surface area contributed by atoms with Gasteiger partial charge in [0.1, 0.15) is 11.4 Å². The van der Waals surface area contributed by atoms with Crippen LogP contribution in [0, 0.1) is 0 Å². The lowest BCUT2D eigenvalue weighted by atomic mass is 10.2. The van der Waals surface area contributed by atoms with E-state index < -0.39 is 16.8 Å². The quantitative estimate of drug-likeness (QED) is 0.448. The summed E-state index contributed by atoms with van der Waals surface area (Å²) < 4.78 is 10.2. The van der Waals surface area contributed by atoms with Gasteiger partial charge >= 0.3 is 11.9 Å². The summed E-state index contributed by atoms with van der Waals surface area (Å²) in [7, 11) is 0. The first-order chi connectivity index (χ1) is 9.09. The molecule has 0 saturated heterocycles. The van der Waals surface area contributed by atoms with Crippen LogP contribution < -0.4 is 0 Å². The predicted octanol–water partition coefficient (Wildman–Crippen LogP) is 1.98. The van der Waals surface area contributed by atoms with Crippen LogP contribution in [0.25, 0.3) is 0 Å². The average molecular weight is 331 g/mol. The number of alkyl halides is 1. The molecule has 0 amide bonds. The highest BCUT2D eigenvalue weighted by Gasteiger charge is 2.18. The van der Waals surface area contributed by atoms with Crippen molar-refractivity contribution in [2.24, 2.45) is 0 Å². The largest absolute Gasteiger partial charge is 0.480 e. The van der Waals surface area contributed by atoms with Gasteiger partial charge in [0.25, 0.3) is 0 Å². The second kappa shape index (κ2) is 8.66. The smallest absolute Gasteiger partial charge is 0.317 e. The van der Waals surface area contributed by atoms with Crippen molar-refractivity contribution in [3.63, 3.8) is 0 Å². The van der Waals surface area contributed by atoms with Gasteiger partial charge < -0.3 is 14.6 Å². The van der Waals surface area contributed by atoms with E-state index in [2.05, 4.69) is 15.9 Å². The monoisotopic (exact) mass is 330 g/mol. The molecule has 1 unspecified atom stereocenters. The first-order valence-electron chi connectivity index (χ1n) is 5.73. The average Bonchev–Trinajstić information content (AvgIpc) is 2.39. The van der Waals surface area contributed by atoms with Gasteiger partial charge in [0, 0.05) is 0 Å². The highest BCUT2D eigenvalue weighted by molar-refractivity contribution is 9.10. The van der Waals surface area contributed by atoms with Crippen LogP contribution in [0.4, 0.5) is 0 Å². The number of carbonyl (C=O) groups excluding carboxylic acids is 1. The van der Waals surface area contributed by atoms with Crippen LogP contribution in [0.5, 0.6) is 0 Å². The second-order valence-electron chi connectivity index (χ2n) is 3.77. The Bertz CT molecular complexity index is 407. The van der Waals surface area contributed by atoms with Crippen molar-refractivity contribution in [1.82, 2.24) is 0 Å². The molecule has 0 aromatic heterocycles. The Morgan fingerprint density at radius 2 is 1.89 bits per heavy atom. The van der Waals surface area contributed by atoms with Crippen molar-refractivity contribution in [2.75, 3.05) is 13.2 Å². The minimum absolute atomic E-state index is 0.116. The first kappa shape index (κ1) is 15.7. The molecule has 1 aromatic carbocycles. The zero-order valence-electron chi connectivity index (χ0n) is 10.3. The molecule has 1 atom stereocenters. The van der Waals surface area contributed by atoms with Gasteiger partial charge in [0.15, 0.2) is 0 Å². The Morgan fingerprint density at radius 3 is 2.53 bits per heavy atom. The molecule has 1 N–H and O–H groups in total. The lowest BCUT2D eigenvalue weighted by Crippen LogP contribution is -2.20. The molecular formula is C13H15BrO5. The molecule has 1 rings (SSSR count). The molecular weight excluding hydrogens is 316 g/mol. The highest BCUT2D eigenvalue weighted by Crippen LogP contribution is 2.06. The van der Waals surface area contributed by atoms with E-state index in [1.807, 2.05) is 30.3 Å². The maximum absolute atomic E-state index is 11.2. The summed E-state index contributed by atoms with van der Waals surface area (Å²) in [6.45, 7) is 0.847. The summed E-state index contributed by atoms with van der Waals surface area (Å²) in [5.41, 5.74) is 1.04. The number of rotatable bonds is 8. The lowest BCUT2D eigenvalue weighted by molar-refractivity contribution is -0.148. The predicted molar refractivity (Wildman–Crippen MR) is 72.0 cm³/mol. The molecule has 0 heterocycles. The number of hydrogen-bond donors (Lipinski definition) is 1. The van der Waals surface area contributed by atoms with Crippen molar-refractivity contribution < 1.29 is 24.2 Å². The number of halogens is 1. The van der Waals surface area contributed by atoms with E-state index in [1.165, 1.54) is 0 Å².